The number of thiophene rings is 1. The zero-order valence-corrected chi connectivity index (χ0v) is 16.2. The van der Waals surface area contributed by atoms with Gasteiger partial charge in [0, 0.05) is 4.88 Å². The van der Waals surface area contributed by atoms with Crippen LogP contribution < -0.4 is 10.6 Å². The van der Waals surface area contributed by atoms with E-state index < -0.39 is 24.0 Å². The van der Waals surface area contributed by atoms with Gasteiger partial charge in [-0.15, -0.1) is 11.3 Å². The highest BCUT2D eigenvalue weighted by Gasteiger charge is 2.32. The summed E-state index contributed by atoms with van der Waals surface area (Å²) in [6, 6.07) is 0.880. The van der Waals surface area contributed by atoms with E-state index in [1.54, 1.807) is 13.0 Å². The maximum Gasteiger partial charge on any atom is 0.348 e. The molecule has 0 bridgehead atoms. The molecule has 0 radical (unpaired) electrons. The Morgan fingerprint density at radius 3 is 2.50 bits per heavy atom. The molecule has 1 atom stereocenters. The maximum atomic E-state index is 12.3. The lowest BCUT2D eigenvalue weighted by atomic mass is 10.0. The van der Waals surface area contributed by atoms with Crippen LogP contribution in [0.1, 0.15) is 47.3 Å². The Kier molecular flexibility index (Phi) is 6.79. The number of esters is 2. The minimum Gasteiger partial charge on any atom is -0.463 e. The third-order valence-corrected chi connectivity index (χ3v) is 5.40. The summed E-state index contributed by atoms with van der Waals surface area (Å²) in [5, 5.41) is 5.24. The first kappa shape index (κ1) is 20.0. The van der Waals surface area contributed by atoms with Gasteiger partial charge in [0.25, 0.3) is 0 Å². The van der Waals surface area contributed by atoms with E-state index in [9.17, 15) is 14.4 Å². The van der Waals surface area contributed by atoms with Gasteiger partial charge in [-0.25, -0.2) is 14.4 Å². The molecule has 7 nitrogen and oxygen atoms in total. The standard InChI is InChI=1S/C18H24N2O5S/c1-5-11-15(17(22)24-7-3)12(20-18(23)19-11)9-25-16(21)14-8-10(4)13(6-2)26-14/h8,11H,5-7,9H2,1-4H3,(H2,19,20,23)/t11-/m0/s1. The summed E-state index contributed by atoms with van der Waals surface area (Å²) in [7, 11) is 0. The van der Waals surface area contributed by atoms with E-state index in [1.807, 2.05) is 20.8 Å². The SMILES string of the molecule is CCOC(=O)C1=C(COC(=O)c2cc(C)c(CC)s2)NC(=O)N[C@H]1CC. The van der Waals surface area contributed by atoms with Crippen molar-refractivity contribution < 1.29 is 23.9 Å². The molecule has 0 aromatic carbocycles. The van der Waals surface area contributed by atoms with Crippen LogP contribution in [0.15, 0.2) is 17.3 Å². The molecule has 0 saturated heterocycles. The van der Waals surface area contributed by atoms with Gasteiger partial charge in [-0.2, -0.15) is 0 Å². The molecule has 2 heterocycles. The van der Waals surface area contributed by atoms with Crippen molar-refractivity contribution in [3.05, 3.63) is 32.7 Å². The third kappa shape index (κ3) is 4.43. The molecule has 0 spiro atoms. The number of amides is 2. The summed E-state index contributed by atoms with van der Waals surface area (Å²) in [5.41, 5.74) is 1.60. The Morgan fingerprint density at radius 2 is 1.92 bits per heavy atom. The first-order chi connectivity index (χ1) is 12.4. The van der Waals surface area contributed by atoms with Crippen molar-refractivity contribution in [3.63, 3.8) is 0 Å². The van der Waals surface area contributed by atoms with Crippen molar-refractivity contribution in [2.24, 2.45) is 0 Å². The molecule has 0 fully saturated rings. The lowest BCUT2D eigenvalue weighted by Crippen LogP contribution is -2.51. The monoisotopic (exact) mass is 380 g/mol. The number of nitrogens with one attached hydrogen (secondary N) is 2. The molecule has 142 valence electrons. The zero-order chi connectivity index (χ0) is 19.3. The van der Waals surface area contributed by atoms with E-state index >= 15 is 0 Å². The molecule has 2 N–H and O–H groups in total. The van der Waals surface area contributed by atoms with Gasteiger partial charge >= 0.3 is 18.0 Å². The normalized spacial score (nSPS) is 16.8. The predicted molar refractivity (Wildman–Crippen MR) is 98.1 cm³/mol. The average molecular weight is 380 g/mol. The molecule has 26 heavy (non-hydrogen) atoms. The number of ether oxygens (including phenoxy) is 2. The second-order valence-electron chi connectivity index (χ2n) is 5.82. The summed E-state index contributed by atoms with van der Waals surface area (Å²) < 4.78 is 10.4. The quantitative estimate of drug-likeness (QED) is 0.710. The van der Waals surface area contributed by atoms with Gasteiger partial charge in [-0.3, -0.25) is 0 Å². The van der Waals surface area contributed by atoms with Gasteiger partial charge < -0.3 is 20.1 Å². The van der Waals surface area contributed by atoms with Crippen LogP contribution in [0, 0.1) is 6.92 Å². The molecule has 1 aliphatic heterocycles. The van der Waals surface area contributed by atoms with Crippen molar-refractivity contribution in [1.29, 1.82) is 0 Å². The first-order valence-electron chi connectivity index (χ1n) is 8.65. The number of urea groups is 1. The largest absolute Gasteiger partial charge is 0.463 e. The van der Waals surface area contributed by atoms with E-state index in [0.717, 1.165) is 16.9 Å². The first-order valence-corrected chi connectivity index (χ1v) is 9.46. The van der Waals surface area contributed by atoms with Crippen molar-refractivity contribution in [2.75, 3.05) is 13.2 Å². The van der Waals surface area contributed by atoms with Crippen LogP contribution in [0.4, 0.5) is 4.79 Å². The van der Waals surface area contributed by atoms with Crippen LogP contribution in [0.3, 0.4) is 0 Å². The molecule has 0 aliphatic carbocycles. The number of carbonyl (C=O) groups excluding carboxylic acids is 3. The summed E-state index contributed by atoms with van der Waals surface area (Å²) in [6.45, 7) is 7.55. The molecule has 1 aliphatic rings. The van der Waals surface area contributed by atoms with Gasteiger partial charge in [0.1, 0.15) is 11.5 Å². The molecule has 2 amide bonds. The summed E-state index contributed by atoms with van der Waals surface area (Å²) in [6.07, 6.45) is 1.37. The van der Waals surface area contributed by atoms with Crippen LogP contribution in [0.5, 0.6) is 0 Å². The highest BCUT2D eigenvalue weighted by atomic mass is 32.1. The van der Waals surface area contributed by atoms with Gasteiger partial charge in [0.2, 0.25) is 0 Å². The molecule has 1 aromatic heterocycles. The van der Waals surface area contributed by atoms with Gasteiger partial charge in [-0.05, 0) is 38.3 Å². The van der Waals surface area contributed by atoms with Gasteiger partial charge in [0.05, 0.1) is 23.9 Å². The smallest absolute Gasteiger partial charge is 0.348 e. The van der Waals surface area contributed by atoms with E-state index in [-0.39, 0.29) is 18.9 Å². The number of hydrogen-bond donors (Lipinski definition) is 2. The highest BCUT2D eigenvalue weighted by Crippen LogP contribution is 2.24. The second-order valence-corrected chi connectivity index (χ2v) is 6.96. The Morgan fingerprint density at radius 1 is 1.19 bits per heavy atom. The summed E-state index contributed by atoms with van der Waals surface area (Å²) in [5.74, 6) is -1.01. The van der Waals surface area contributed by atoms with Crippen LogP contribution >= 0.6 is 11.3 Å². The molecular weight excluding hydrogens is 356 g/mol. The molecule has 8 heteroatoms. The lowest BCUT2D eigenvalue weighted by Gasteiger charge is -2.28. The molecule has 0 saturated carbocycles. The second kappa shape index (κ2) is 8.84. The Balaban J connectivity index is 2.20. The average Bonchev–Trinajstić information content (AvgIpc) is 3.00. The summed E-state index contributed by atoms with van der Waals surface area (Å²) in [4.78, 5) is 38.1. The zero-order valence-electron chi connectivity index (χ0n) is 15.4. The maximum absolute atomic E-state index is 12.3. The van der Waals surface area contributed by atoms with Gasteiger partial charge in [-0.1, -0.05) is 13.8 Å². The minimum atomic E-state index is -0.530. The number of rotatable bonds is 7. The fourth-order valence-corrected chi connectivity index (χ4v) is 3.76. The number of carbonyl (C=O) groups is 3. The van der Waals surface area contributed by atoms with E-state index in [2.05, 4.69) is 10.6 Å². The van der Waals surface area contributed by atoms with Crippen molar-refractivity contribution >= 4 is 29.3 Å². The third-order valence-electron chi connectivity index (χ3n) is 4.04. The van der Waals surface area contributed by atoms with Crippen LogP contribution in [-0.4, -0.2) is 37.2 Å². The number of aryl methyl sites for hydroxylation is 2. The predicted octanol–water partition coefficient (Wildman–Crippen LogP) is 2.68. The van der Waals surface area contributed by atoms with E-state index in [0.29, 0.717) is 16.9 Å². The fourth-order valence-electron chi connectivity index (χ4n) is 2.76. The van der Waals surface area contributed by atoms with Crippen LogP contribution in [-0.2, 0) is 20.7 Å². The fraction of sp³-hybridized carbons (Fsp3) is 0.500. The van der Waals surface area contributed by atoms with Crippen LogP contribution in [0.25, 0.3) is 0 Å². The molecular formula is C18H24N2O5S. The highest BCUT2D eigenvalue weighted by molar-refractivity contribution is 7.14. The van der Waals surface area contributed by atoms with Crippen LogP contribution in [0.2, 0.25) is 0 Å². The van der Waals surface area contributed by atoms with E-state index in [4.69, 9.17) is 9.47 Å². The Hall–Kier alpha value is -2.35. The van der Waals surface area contributed by atoms with E-state index in [1.165, 1.54) is 11.3 Å². The number of hydrogen-bond acceptors (Lipinski definition) is 6. The topological polar surface area (TPSA) is 93.7 Å². The Labute approximate surface area is 156 Å². The molecule has 2 rings (SSSR count). The van der Waals surface area contributed by atoms with Gasteiger partial charge in [0.15, 0.2) is 0 Å². The van der Waals surface area contributed by atoms with Crippen molar-refractivity contribution in [2.45, 2.75) is 46.6 Å². The molecule has 1 aromatic rings. The molecule has 0 unspecified atom stereocenters. The lowest BCUT2D eigenvalue weighted by molar-refractivity contribution is -0.139. The summed E-state index contributed by atoms with van der Waals surface area (Å²) >= 11 is 1.39. The minimum absolute atomic E-state index is 0.199. The van der Waals surface area contributed by atoms with Crippen molar-refractivity contribution in [3.8, 4) is 0 Å². The van der Waals surface area contributed by atoms with Crippen molar-refractivity contribution in [1.82, 2.24) is 10.6 Å². The Bertz CT molecular complexity index is 738.